The number of rotatable bonds is 2. The molecule has 0 spiro atoms. The van der Waals surface area contributed by atoms with Gasteiger partial charge in [-0.2, -0.15) is 0 Å². The molecule has 0 aromatic rings. The zero-order chi connectivity index (χ0) is 11.7. The summed E-state index contributed by atoms with van der Waals surface area (Å²) in [5.41, 5.74) is 23.5. The van der Waals surface area contributed by atoms with Gasteiger partial charge in [0.2, 0.25) is 0 Å². The van der Waals surface area contributed by atoms with Gasteiger partial charge in [0.25, 0.3) is 0 Å². The van der Waals surface area contributed by atoms with Crippen molar-refractivity contribution >= 4 is 5.96 Å². The van der Waals surface area contributed by atoms with Gasteiger partial charge in [-0.15, -0.1) is 0 Å². The van der Waals surface area contributed by atoms with Crippen LogP contribution in [0.4, 0.5) is 0 Å². The first kappa shape index (κ1) is 22.7. The minimum absolute atomic E-state index is 0.182. The Hall–Kier alpha value is -0.850. The van der Waals surface area contributed by atoms with E-state index in [1.54, 1.807) is 0 Å². The Labute approximate surface area is 81.5 Å². The first-order valence-electron chi connectivity index (χ1n) is 4.06. The van der Waals surface area contributed by atoms with Crippen LogP contribution < -0.4 is 28.7 Å². The Balaban J connectivity index is -0.0000000573. The van der Waals surface area contributed by atoms with Crippen molar-refractivity contribution < 1.29 is 0 Å². The lowest BCUT2D eigenvalue weighted by Crippen LogP contribution is -2.22. The van der Waals surface area contributed by atoms with E-state index in [9.17, 15) is 0 Å². The smallest absolute Gasteiger partial charge is 0.185 e. The zero-order valence-corrected chi connectivity index (χ0v) is 9.25. The first-order chi connectivity index (χ1) is 6.27. The molecule has 0 saturated heterocycles. The summed E-state index contributed by atoms with van der Waals surface area (Å²) in [6.07, 6.45) is 0.998. The second-order valence-electron chi connectivity index (χ2n) is 1.31. The Bertz CT molecular complexity index is 69.4. The average Bonchev–Trinajstić information content (AvgIpc) is 2.24. The van der Waals surface area contributed by atoms with Gasteiger partial charge in [0.15, 0.2) is 5.96 Å². The predicted octanol–water partition coefficient (Wildman–Crippen LogP) is -1.61. The molecule has 0 saturated carbocycles. The van der Waals surface area contributed by atoms with Gasteiger partial charge in [0, 0.05) is 6.54 Å². The van der Waals surface area contributed by atoms with E-state index in [2.05, 4.69) is 22.2 Å². The van der Waals surface area contributed by atoms with E-state index in [1.165, 1.54) is 21.1 Å². The highest BCUT2D eigenvalue weighted by molar-refractivity contribution is 5.75. The minimum Gasteiger partial charge on any atom is -0.370 e. The normalized spacial score (nSPS) is 5.77. The topological polar surface area (TPSA) is 142 Å². The largest absolute Gasteiger partial charge is 0.370 e. The molecule has 84 valence electrons. The van der Waals surface area contributed by atoms with Crippen molar-refractivity contribution in [3.63, 3.8) is 0 Å². The highest BCUT2D eigenvalue weighted by Crippen LogP contribution is 1.73. The van der Waals surface area contributed by atoms with E-state index in [4.69, 9.17) is 11.5 Å². The van der Waals surface area contributed by atoms with Gasteiger partial charge >= 0.3 is 0 Å². The van der Waals surface area contributed by atoms with E-state index in [0.717, 1.165) is 13.0 Å². The monoisotopic (exact) mass is 194 g/mol. The van der Waals surface area contributed by atoms with Crippen molar-refractivity contribution in [1.82, 2.24) is 0 Å². The van der Waals surface area contributed by atoms with Gasteiger partial charge in [0.05, 0.1) is 0 Å². The van der Waals surface area contributed by atoms with E-state index in [1.807, 2.05) is 6.92 Å². The summed E-state index contributed by atoms with van der Waals surface area (Å²) in [4.78, 5) is 3.72. The molecule has 13 heavy (non-hydrogen) atoms. The predicted molar refractivity (Wildman–Crippen MR) is 61.3 cm³/mol. The zero-order valence-electron chi connectivity index (χ0n) is 9.25. The van der Waals surface area contributed by atoms with Crippen LogP contribution >= 0.6 is 0 Å². The van der Waals surface area contributed by atoms with Crippen molar-refractivity contribution in [1.29, 1.82) is 0 Å². The molecule has 0 atom stereocenters. The molecule has 10 N–H and O–H groups in total. The fourth-order valence-corrected chi connectivity index (χ4v) is 0.241. The molecule has 0 bridgehead atoms. The van der Waals surface area contributed by atoms with Gasteiger partial charge in [-0.3, -0.25) is 4.99 Å². The van der Waals surface area contributed by atoms with E-state index in [-0.39, 0.29) is 5.96 Å². The number of nitrogens with two attached hydrogens (primary N) is 5. The lowest BCUT2D eigenvalue weighted by Gasteiger charge is -1.86. The number of aliphatic imine (C=N–C) groups is 1. The molecule has 0 aliphatic rings. The summed E-state index contributed by atoms with van der Waals surface area (Å²) < 4.78 is 0. The number of guanidine groups is 1. The fraction of sp³-hybridized carbons (Fsp3) is 0.857. The Morgan fingerprint density at radius 3 is 1.31 bits per heavy atom. The molecule has 0 aromatic heterocycles. The third-order valence-corrected chi connectivity index (χ3v) is 0.518. The molecule has 0 aromatic carbocycles. The van der Waals surface area contributed by atoms with Gasteiger partial charge < -0.3 is 28.7 Å². The van der Waals surface area contributed by atoms with Crippen molar-refractivity contribution in [2.75, 3.05) is 27.7 Å². The van der Waals surface area contributed by atoms with Crippen LogP contribution in [0.1, 0.15) is 13.3 Å². The standard InChI is InChI=1S/C4H11N3.3CH5N/c1-2-3-7-4(5)6;3*1-2/h2-3H2,1H3,(H4,5,6,7);3*2H2,1H3. The molecule has 0 fully saturated rings. The van der Waals surface area contributed by atoms with Crippen LogP contribution in [0.2, 0.25) is 0 Å². The first-order valence-corrected chi connectivity index (χ1v) is 4.06. The Morgan fingerprint density at radius 2 is 1.23 bits per heavy atom. The van der Waals surface area contributed by atoms with Crippen LogP contribution in [-0.4, -0.2) is 33.6 Å². The Kier molecular flexibility index (Phi) is 75.8. The fourth-order valence-electron chi connectivity index (χ4n) is 0.241. The number of nitrogens with zero attached hydrogens (tertiary/aromatic N) is 1. The van der Waals surface area contributed by atoms with E-state index >= 15 is 0 Å². The molecular formula is C7H26N6. The lowest BCUT2D eigenvalue weighted by atomic mass is 10.5. The van der Waals surface area contributed by atoms with Crippen LogP contribution in [0, 0.1) is 0 Å². The molecule has 0 aliphatic carbocycles. The van der Waals surface area contributed by atoms with E-state index < -0.39 is 0 Å². The lowest BCUT2D eigenvalue weighted by molar-refractivity contribution is 0.927. The van der Waals surface area contributed by atoms with Crippen LogP contribution in [-0.2, 0) is 0 Å². The average molecular weight is 194 g/mol. The van der Waals surface area contributed by atoms with Crippen LogP contribution in [0.3, 0.4) is 0 Å². The third-order valence-electron chi connectivity index (χ3n) is 0.518. The number of hydrogen-bond donors (Lipinski definition) is 5. The summed E-state index contributed by atoms with van der Waals surface area (Å²) in [6, 6.07) is 0. The SMILES string of the molecule is CCCN=C(N)N.CN.CN.CN. The minimum atomic E-state index is 0.182. The molecular weight excluding hydrogens is 168 g/mol. The van der Waals surface area contributed by atoms with Crippen molar-refractivity contribution in [3.05, 3.63) is 0 Å². The van der Waals surface area contributed by atoms with Gasteiger partial charge in [-0.05, 0) is 27.6 Å². The maximum absolute atomic E-state index is 5.01. The quantitative estimate of drug-likeness (QED) is 0.265. The van der Waals surface area contributed by atoms with Gasteiger partial charge in [-0.25, -0.2) is 0 Å². The number of hydrogen-bond acceptors (Lipinski definition) is 4. The summed E-state index contributed by atoms with van der Waals surface area (Å²) in [7, 11) is 4.50. The van der Waals surface area contributed by atoms with Gasteiger partial charge in [0.1, 0.15) is 0 Å². The molecule has 0 unspecified atom stereocenters. The molecule has 6 heteroatoms. The highest BCUT2D eigenvalue weighted by Gasteiger charge is 1.74. The maximum atomic E-state index is 5.01. The summed E-state index contributed by atoms with van der Waals surface area (Å²) in [5.74, 6) is 0.182. The summed E-state index contributed by atoms with van der Waals surface area (Å²) >= 11 is 0. The Morgan fingerprint density at radius 1 is 0.923 bits per heavy atom. The molecule has 0 aliphatic heterocycles. The third kappa shape index (κ3) is 94.1. The second-order valence-corrected chi connectivity index (χ2v) is 1.31. The van der Waals surface area contributed by atoms with Crippen molar-refractivity contribution in [2.45, 2.75) is 13.3 Å². The van der Waals surface area contributed by atoms with Crippen molar-refractivity contribution in [2.24, 2.45) is 33.7 Å². The summed E-state index contributed by atoms with van der Waals surface area (Å²) in [6.45, 7) is 2.76. The van der Waals surface area contributed by atoms with Crippen molar-refractivity contribution in [3.8, 4) is 0 Å². The van der Waals surface area contributed by atoms with Crippen LogP contribution in [0.15, 0.2) is 4.99 Å². The second kappa shape index (κ2) is 43.3. The van der Waals surface area contributed by atoms with E-state index in [0.29, 0.717) is 0 Å². The summed E-state index contributed by atoms with van der Waals surface area (Å²) in [5, 5.41) is 0. The molecule has 0 radical (unpaired) electrons. The highest BCUT2D eigenvalue weighted by atomic mass is 15.0. The molecule has 0 heterocycles. The van der Waals surface area contributed by atoms with Crippen LogP contribution in [0.5, 0.6) is 0 Å². The van der Waals surface area contributed by atoms with Crippen LogP contribution in [0.25, 0.3) is 0 Å². The molecule has 0 rings (SSSR count). The maximum Gasteiger partial charge on any atom is 0.185 e. The van der Waals surface area contributed by atoms with Gasteiger partial charge in [-0.1, -0.05) is 6.92 Å². The molecule has 6 nitrogen and oxygen atoms in total. The molecule has 0 amide bonds.